The maximum absolute atomic E-state index is 5.49. The Labute approximate surface area is 178 Å². The van der Waals surface area contributed by atoms with Crippen LogP contribution in [0.15, 0.2) is 89.8 Å². The van der Waals surface area contributed by atoms with Crippen LogP contribution in [-0.4, -0.2) is 24.7 Å². The summed E-state index contributed by atoms with van der Waals surface area (Å²) in [4.78, 5) is 12.3. The molecule has 0 amide bonds. The Balaban J connectivity index is 1.19. The van der Waals surface area contributed by atoms with Crippen molar-refractivity contribution in [3.05, 3.63) is 96.8 Å². The molecule has 0 atom stereocenters. The Bertz CT molecular complexity index is 1490. The van der Waals surface area contributed by atoms with E-state index in [1.165, 1.54) is 10.9 Å². The van der Waals surface area contributed by atoms with Gasteiger partial charge in [0, 0.05) is 29.4 Å². The van der Waals surface area contributed by atoms with E-state index in [9.17, 15) is 0 Å². The van der Waals surface area contributed by atoms with E-state index in [0.29, 0.717) is 18.1 Å². The average Bonchev–Trinajstić information content (AvgIpc) is 3.57. The molecule has 0 aliphatic carbocycles. The van der Waals surface area contributed by atoms with Crippen molar-refractivity contribution in [1.29, 1.82) is 0 Å². The Morgan fingerprint density at radius 1 is 0.903 bits per heavy atom. The van der Waals surface area contributed by atoms with Crippen LogP contribution in [0.4, 0.5) is 0 Å². The third-order valence-electron chi connectivity index (χ3n) is 5.57. The molecular formula is C25H19N5O. The molecule has 6 aromatic rings. The highest BCUT2D eigenvalue weighted by atomic mass is 16.5. The summed E-state index contributed by atoms with van der Waals surface area (Å²) in [5.41, 5.74) is 6.43. The van der Waals surface area contributed by atoms with E-state index in [4.69, 9.17) is 4.52 Å². The number of aryl methyl sites for hydroxylation is 2. The summed E-state index contributed by atoms with van der Waals surface area (Å²) >= 11 is 0. The van der Waals surface area contributed by atoms with Gasteiger partial charge in [0.15, 0.2) is 0 Å². The lowest BCUT2D eigenvalue weighted by atomic mass is 10.1. The highest BCUT2D eigenvalue weighted by Gasteiger charge is 2.10. The summed E-state index contributed by atoms with van der Waals surface area (Å²) in [5, 5.41) is 5.39. The monoisotopic (exact) mass is 405 g/mol. The smallest absolute Gasteiger partial charge is 0.227 e. The molecule has 0 aliphatic heterocycles. The number of para-hydroxylation sites is 2. The molecule has 0 radical (unpaired) electrons. The quantitative estimate of drug-likeness (QED) is 0.420. The van der Waals surface area contributed by atoms with Gasteiger partial charge in [0.1, 0.15) is 6.33 Å². The number of hydrogen-bond donors (Lipinski definition) is 1. The molecule has 3 aromatic carbocycles. The van der Waals surface area contributed by atoms with Crippen LogP contribution in [0, 0.1) is 0 Å². The number of nitrogens with one attached hydrogen (secondary N) is 1. The molecule has 6 rings (SSSR count). The first-order valence-electron chi connectivity index (χ1n) is 10.2. The van der Waals surface area contributed by atoms with Crippen molar-refractivity contribution >= 4 is 21.9 Å². The zero-order valence-electron chi connectivity index (χ0n) is 16.7. The second kappa shape index (κ2) is 7.25. The largest absolute Gasteiger partial charge is 0.361 e. The summed E-state index contributed by atoms with van der Waals surface area (Å²) in [6.07, 6.45) is 5.37. The lowest BCUT2D eigenvalue weighted by molar-refractivity contribution is 0.379. The van der Waals surface area contributed by atoms with E-state index in [0.717, 1.165) is 34.2 Å². The van der Waals surface area contributed by atoms with Crippen LogP contribution in [0.25, 0.3) is 39.0 Å². The molecule has 31 heavy (non-hydrogen) atoms. The molecule has 1 N–H and O–H groups in total. The predicted octanol–water partition coefficient (Wildman–Crippen LogP) is 5.34. The van der Waals surface area contributed by atoms with Gasteiger partial charge >= 0.3 is 0 Å². The molecule has 150 valence electrons. The van der Waals surface area contributed by atoms with Crippen LogP contribution in [0.3, 0.4) is 0 Å². The third-order valence-corrected chi connectivity index (χ3v) is 5.57. The van der Waals surface area contributed by atoms with Gasteiger partial charge in [-0.15, -0.1) is 0 Å². The molecule has 6 nitrogen and oxygen atoms in total. The first kappa shape index (κ1) is 17.7. The first-order valence-corrected chi connectivity index (χ1v) is 10.2. The minimum atomic E-state index is 0.609. The maximum Gasteiger partial charge on any atom is 0.227 e. The Morgan fingerprint density at radius 3 is 2.74 bits per heavy atom. The van der Waals surface area contributed by atoms with E-state index in [-0.39, 0.29) is 0 Å². The summed E-state index contributed by atoms with van der Waals surface area (Å²) < 4.78 is 7.56. The number of aromatic amines is 1. The molecule has 0 bridgehead atoms. The van der Waals surface area contributed by atoms with E-state index >= 15 is 0 Å². The van der Waals surface area contributed by atoms with Gasteiger partial charge in [-0.25, -0.2) is 4.98 Å². The van der Waals surface area contributed by atoms with Crippen molar-refractivity contribution in [2.75, 3.05) is 0 Å². The average molecular weight is 405 g/mol. The van der Waals surface area contributed by atoms with Crippen molar-refractivity contribution in [3.8, 4) is 17.1 Å². The molecule has 0 saturated heterocycles. The molecule has 3 heterocycles. The van der Waals surface area contributed by atoms with Crippen LogP contribution in [0.5, 0.6) is 0 Å². The molecule has 0 saturated carbocycles. The summed E-state index contributed by atoms with van der Waals surface area (Å²) in [6, 6.07) is 24.7. The van der Waals surface area contributed by atoms with Crippen LogP contribution >= 0.6 is 0 Å². The molecular weight excluding hydrogens is 386 g/mol. The van der Waals surface area contributed by atoms with E-state index in [1.807, 2.05) is 55.0 Å². The maximum atomic E-state index is 5.49. The van der Waals surface area contributed by atoms with Gasteiger partial charge in [-0.1, -0.05) is 23.4 Å². The highest BCUT2D eigenvalue weighted by Crippen LogP contribution is 2.22. The fraction of sp³-hybridized carbons (Fsp3) is 0.0800. The number of imidazole rings is 1. The summed E-state index contributed by atoms with van der Waals surface area (Å²) in [6.45, 7) is 0. The third kappa shape index (κ3) is 3.28. The predicted molar refractivity (Wildman–Crippen MR) is 120 cm³/mol. The van der Waals surface area contributed by atoms with Crippen molar-refractivity contribution in [2.24, 2.45) is 0 Å². The number of aromatic nitrogens is 5. The van der Waals surface area contributed by atoms with Gasteiger partial charge in [0.25, 0.3) is 0 Å². The van der Waals surface area contributed by atoms with E-state index < -0.39 is 0 Å². The summed E-state index contributed by atoms with van der Waals surface area (Å²) in [7, 11) is 0. The number of fused-ring (bicyclic) bond motifs is 2. The van der Waals surface area contributed by atoms with Gasteiger partial charge in [-0.2, -0.15) is 4.98 Å². The first-order chi connectivity index (χ1) is 15.3. The zero-order chi connectivity index (χ0) is 20.6. The van der Waals surface area contributed by atoms with E-state index in [1.54, 1.807) is 0 Å². The van der Waals surface area contributed by atoms with Gasteiger partial charge in [0.05, 0.1) is 11.0 Å². The fourth-order valence-corrected chi connectivity index (χ4v) is 3.92. The lowest BCUT2D eigenvalue weighted by Crippen LogP contribution is -1.93. The van der Waals surface area contributed by atoms with Gasteiger partial charge in [-0.3, -0.25) is 4.57 Å². The molecule has 0 spiro atoms. The van der Waals surface area contributed by atoms with Gasteiger partial charge in [-0.05, 0) is 72.0 Å². The molecule has 0 aliphatic rings. The number of benzene rings is 3. The van der Waals surface area contributed by atoms with Crippen molar-refractivity contribution < 1.29 is 4.52 Å². The van der Waals surface area contributed by atoms with Crippen molar-refractivity contribution in [2.45, 2.75) is 12.8 Å². The van der Waals surface area contributed by atoms with Crippen LogP contribution in [-0.2, 0) is 12.8 Å². The molecule has 6 heteroatoms. The zero-order valence-corrected chi connectivity index (χ0v) is 16.7. The van der Waals surface area contributed by atoms with E-state index in [2.05, 4.69) is 55.0 Å². The standard InChI is InChI=1S/C25H19N5O/c1-2-4-23-22(3-1)27-16-30(23)20-9-7-18(8-10-20)25-28-24(31-29-25)12-6-17-5-11-21-19(15-17)13-14-26-21/h1-5,7-11,13-16,26H,6,12H2. The van der Waals surface area contributed by atoms with Crippen LogP contribution in [0.2, 0.25) is 0 Å². The van der Waals surface area contributed by atoms with Crippen LogP contribution in [0.1, 0.15) is 11.5 Å². The second-order valence-corrected chi connectivity index (χ2v) is 7.56. The molecule has 3 aromatic heterocycles. The second-order valence-electron chi connectivity index (χ2n) is 7.56. The highest BCUT2D eigenvalue weighted by molar-refractivity contribution is 5.80. The SMILES string of the molecule is c1ccc2c(c1)ncn2-c1ccc(-c2noc(CCc3ccc4[nH]ccc4c3)n2)cc1. The normalized spacial score (nSPS) is 11.5. The number of nitrogens with zero attached hydrogens (tertiary/aromatic N) is 4. The number of hydrogen-bond acceptors (Lipinski definition) is 4. The van der Waals surface area contributed by atoms with Gasteiger partial charge in [0.2, 0.25) is 11.7 Å². The molecule has 0 unspecified atom stereocenters. The van der Waals surface area contributed by atoms with Crippen molar-refractivity contribution in [1.82, 2.24) is 24.7 Å². The fourth-order valence-electron chi connectivity index (χ4n) is 3.92. The van der Waals surface area contributed by atoms with Crippen molar-refractivity contribution in [3.63, 3.8) is 0 Å². The Morgan fingerprint density at radius 2 is 1.81 bits per heavy atom. The molecule has 0 fully saturated rings. The minimum Gasteiger partial charge on any atom is -0.361 e. The minimum absolute atomic E-state index is 0.609. The Kier molecular flexibility index (Phi) is 4.13. The number of rotatable bonds is 5. The van der Waals surface area contributed by atoms with Gasteiger partial charge < -0.3 is 9.51 Å². The number of H-pyrrole nitrogens is 1. The van der Waals surface area contributed by atoms with Crippen LogP contribution < -0.4 is 0 Å². The Hall–Kier alpha value is -4.19. The topological polar surface area (TPSA) is 72.5 Å². The lowest BCUT2D eigenvalue weighted by Gasteiger charge is -2.04. The summed E-state index contributed by atoms with van der Waals surface area (Å²) in [5.74, 6) is 1.26.